The van der Waals surface area contributed by atoms with Crippen molar-refractivity contribution in [2.45, 2.75) is 12.5 Å². The standard InChI is InChI=1S/C15H15N3O2S/c1-20-14(19)11(16)9-10-5-4-8-18(10)15-17-12-6-2-3-7-13(12)21-15/h2-8,11H,9,16H2,1H3. The van der Waals surface area contributed by atoms with E-state index in [2.05, 4.69) is 9.72 Å². The molecule has 0 amide bonds. The zero-order valence-corrected chi connectivity index (χ0v) is 12.3. The summed E-state index contributed by atoms with van der Waals surface area (Å²) in [5.41, 5.74) is 7.74. The highest BCUT2D eigenvalue weighted by molar-refractivity contribution is 7.20. The number of aromatic nitrogens is 2. The summed E-state index contributed by atoms with van der Waals surface area (Å²) in [6, 6.07) is 11.2. The zero-order chi connectivity index (χ0) is 14.8. The topological polar surface area (TPSA) is 70.1 Å². The van der Waals surface area contributed by atoms with Crippen LogP contribution in [0.3, 0.4) is 0 Å². The Labute approximate surface area is 126 Å². The molecule has 1 unspecified atom stereocenters. The highest BCUT2D eigenvalue weighted by Gasteiger charge is 2.17. The van der Waals surface area contributed by atoms with Crippen LogP contribution in [-0.2, 0) is 16.0 Å². The molecule has 0 fully saturated rings. The van der Waals surface area contributed by atoms with E-state index in [4.69, 9.17) is 5.73 Å². The van der Waals surface area contributed by atoms with Gasteiger partial charge in [0.2, 0.25) is 0 Å². The van der Waals surface area contributed by atoms with E-state index in [1.807, 2.05) is 47.2 Å². The van der Waals surface area contributed by atoms with Crippen LogP contribution in [0.5, 0.6) is 0 Å². The summed E-state index contributed by atoms with van der Waals surface area (Å²) in [7, 11) is 1.34. The van der Waals surface area contributed by atoms with E-state index >= 15 is 0 Å². The lowest BCUT2D eigenvalue weighted by Gasteiger charge is -2.10. The maximum atomic E-state index is 11.5. The molecular formula is C15H15N3O2S. The van der Waals surface area contributed by atoms with Crippen molar-refractivity contribution in [3.8, 4) is 5.13 Å². The van der Waals surface area contributed by atoms with Crippen LogP contribution in [0.25, 0.3) is 15.3 Å². The Hall–Kier alpha value is -2.18. The molecule has 1 atom stereocenters. The Kier molecular flexibility index (Phi) is 3.72. The second-order valence-corrected chi connectivity index (χ2v) is 5.68. The lowest BCUT2D eigenvalue weighted by Crippen LogP contribution is -2.34. The van der Waals surface area contributed by atoms with Crippen molar-refractivity contribution in [1.82, 2.24) is 9.55 Å². The molecule has 0 bridgehead atoms. The van der Waals surface area contributed by atoms with Crippen LogP contribution in [0.4, 0.5) is 0 Å². The first-order valence-corrected chi connectivity index (χ1v) is 7.36. The molecule has 2 N–H and O–H groups in total. The van der Waals surface area contributed by atoms with Gasteiger partial charge in [-0.15, -0.1) is 0 Å². The summed E-state index contributed by atoms with van der Waals surface area (Å²) in [6.45, 7) is 0. The van der Waals surface area contributed by atoms with E-state index in [0.717, 1.165) is 21.0 Å². The molecule has 0 spiro atoms. The molecule has 2 aromatic heterocycles. The van der Waals surface area contributed by atoms with Gasteiger partial charge in [0, 0.05) is 18.3 Å². The molecule has 108 valence electrons. The summed E-state index contributed by atoms with van der Waals surface area (Å²) in [5.74, 6) is -0.410. The molecule has 0 radical (unpaired) electrons. The maximum absolute atomic E-state index is 11.5. The number of carbonyl (C=O) groups excluding carboxylic acids is 1. The largest absolute Gasteiger partial charge is 0.468 e. The van der Waals surface area contributed by atoms with E-state index in [1.54, 1.807) is 11.3 Å². The van der Waals surface area contributed by atoms with Gasteiger partial charge in [0.15, 0.2) is 5.13 Å². The number of methoxy groups -OCH3 is 1. The molecule has 21 heavy (non-hydrogen) atoms. The minimum atomic E-state index is -0.668. The fourth-order valence-electron chi connectivity index (χ4n) is 2.19. The van der Waals surface area contributed by atoms with E-state index in [9.17, 15) is 4.79 Å². The molecule has 2 heterocycles. The lowest BCUT2D eigenvalue weighted by atomic mass is 10.2. The Morgan fingerprint density at radius 2 is 2.19 bits per heavy atom. The molecular weight excluding hydrogens is 286 g/mol. The van der Waals surface area contributed by atoms with E-state index in [1.165, 1.54) is 7.11 Å². The van der Waals surface area contributed by atoms with E-state index < -0.39 is 12.0 Å². The van der Waals surface area contributed by atoms with Gasteiger partial charge < -0.3 is 10.5 Å². The number of fused-ring (bicyclic) bond motifs is 1. The van der Waals surface area contributed by atoms with Crippen LogP contribution >= 0.6 is 11.3 Å². The lowest BCUT2D eigenvalue weighted by molar-refractivity contribution is -0.142. The summed E-state index contributed by atoms with van der Waals surface area (Å²) in [4.78, 5) is 16.1. The molecule has 5 nitrogen and oxygen atoms in total. The van der Waals surface area contributed by atoms with Crippen LogP contribution in [0.2, 0.25) is 0 Å². The summed E-state index contributed by atoms with van der Waals surface area (Å²) >= 11 is 1.61. The van der Waals surface area contributed by atoms with Crippen molar-refractivity contribution < 1.29 is 9.53 Å². The normalized spacial score (nSPS) is 12.5. The summed E-state index contributed by atoms with van der Waals surface area (Å²) < 4.78 is 7.76. The molecule has 0 saturated heterocycles. The average molecular weight is 301 g/mol. The first kappa shape index (κ1) is 13.8. The van der Waals surface area contributed by atoms with Gasteiger partial charge in [-0.1, -0.05) is 23.5 Å². The minimum Gasteiger partial charge on any atom is -0.468 e. The third-order valence-electron chi connectivity index (χ3n) is 3.25. The third kappa shape index (κ3) is 2.68. The smallest absolute Gasteiger partial charge is 0.323 e. The van der Waals surface area contributed by atoms with Crippen molar-refractivity contribution in [3.63, 3.8) is 0 Å². The van der Waals surface area contributed by atoms with Gasteiger partial charge in [0.1, 0.15) is 6.04 Å². The molecule has 0 aliphatic rings. The van der Waals surface area contributed by atoms with Crippen molar-refractivity contribution in [2.24, 2.45) is 5.73 Å². The number of nitrogens with zero attached hydrogens (tertiary/aromatic N) is 2. The van der Waals surface area contributed by atoms with Crippen LogP contribution < -0.4 is 5.73 Å². The SMILES string of the molecule is COC(=O)C(N)Cc1cccn1-c1nc2ccccc2s1. The van der Waals surface area contributed by atoms with Crippen LogP contribution in [0.1, 0.15) is 5.69 Å². The molecule has 0 aliphatic carbocycles. The Morgan fingerprint density at radius 1 is 1.38 bits per heavy atom. The number of hydrogen-bond acceptors (Lipinski definition) is 5. The molecule has 1 aromatic carbocycles. The van der Waals surface area contributed by atoms with Crippen molar-refractivity contribution >= 4 is 27.5 Å². The second kappa shape index (κ2) is 5.67. The highest BCUT2D eigenvalue weighted by Crippen LogP contribution is 2.26. The minimum absolute atomic E-state index is 0.410. The first-order valence-electron chi connectivity index (χ1n) is 6.54. The number of hydrogen-bond donors (Lipinski definition) is 1. The average Bonchev–Trinajstić information content (AvgIpc) is 3.11. The number of rotatable bonds is 4. The van der Waals surface area contributed by atoms with Crippen molar-refractivity contribution in [1.29, 1.82) is 0 Å². The van der Waals surface area contributed by atoms with Gasteiger partial charge in [-0.05, 0) is 24.3 Å². The quantitative estimate of drug-likeness (QED) is 0.749. The van der Waals surface area contributed by atoms with Crippen molar-refractivity contribution in [3.05, 3.63) is 48.3 Å². The summed E-state index contributed by atoms with van der Waals surface area (Å²) in [5, 5.41) is 0.869. The van der Waals surface area contributed by atoms with Crippen LogP contribution in [0, 0.1) is 0 Å². The first-order chi connectivity index (χ1) is 10.2. The third-order valence-corrected chi connectivity index (χ3v) is 4.29. The number of esters is 1. The molecule has 0 saturated carbocycles. The number of thiazole rings is 1. The number of para-hydroxylation sites is 1. The van der Waals surface area contributed by atoms with Gasteiger partial charge in [-0.25, -0.2) is 4.98 Å². The van der Waals surface area contributed by atoms with Gasteiger partial charge in [0.05, 0.1) is 17.3 Å². The van der Waals surface area contributed by atoms with E-state index in [-0.39, 0.29) is 0 Å². The Balaban J connectivity index is 1.93. The summed E-state index contributed by atoms with van der Waals surface area (Å²) in [6.07, 6.45) is 2.34. The Morgan fingerprint density at radius 3 is 2.95 bits per heavy atom. The van der Waals surface area contributed by atoms with Gasteiger partial charge in [-0.2, -0.15) is 0 Å². The Bertz CT molecular complexity index is 745. The fraction of sp³-hybridized carbons (Fsp3) is 0.200. The molecule has 3 aromatic rings. The predicted molar refractivity (Wildman–Crippen MR) is 82.6 cm³/mol. The van der Waals surface area contributed by atoms with Gasteiger partial charge in [-0.3, -0.25) is 9.36 Å². The molecule has 6 heteroatoms. The van der Waals surface area contributed by atoms with Gasteiger partial charge in [0.25, 0.3) is 0 Å². The maximum Gasteiger partial charge on any atom is 0.323 e. The highest BCUT2D eigenvalue weighted by atomic mass is 32.1. The second-order valence-electron chi connectivity index (χ2n) is 4.67. The fourth-order valence-corrected chi connectivity index (χ4v) is 3.17. The molecule has 0 aliphatic heterocycles. The monoisotopic (exact) mass is 301 g/mol. The van der Waals surface area contributed by atoms with E-state index in [0.29, 0.717) is 6.42 Å². The number of ether oxygens (including phenoxy) is 1. The van der Waals surface area contributed by atoms with Gasteiger partial charge >= 0.3 is 5.97 Å². The molecule has 3 rings (SSSR count). The number of benzene rings is 1. The van der Waals surface area contributed by atoms with Crippen molar-refractivity contribution in [2.75, 3.05) is 7.11 Å². The predicted octanol–water partition coefficient (Wildman–Crippen LogP) is 2.13. The number of carbonyl (C=O) groups is 1. The number of nitrogens with two attached hydrogens (primary N) is 1. The zero-order valence-electron chi connectivity index (χ0n) is 11.5. The van der Waals surface area contributed by atoms with Crippen LogP contribution in [-0.4, -0.2) is 28.7 Å². The van der Waals surface area contributed by atoms with Crippen LogP contribution in [0.15, 0.2) is 42.6 Å².